The van der Waals surface area contributed by atoms with Gasteiger partial charge in [0.05, 0.1) is 0 Å². The van der Waals surface area contributed by atoms with E-state index in [1.54, 1.807) is 0 Å². The van der Waals surface area contributed by atoms with Gasteiger partial charge >= 0.3 is 6.03 Å². The van der Waals surface area contributed by atoms with E-state index < -0.39 is 0 Å². The quantitative estimate of drug-likeness (QED) is 0.637. The molecule has 15 heavy (non-hydrogen) atoms. The molecule has 3 N–H and O–H groups in total. The van der Waals surface area contributed by atoms with Gasteiger partial charge in [0.15, 0.2) is 0 Å². The maximum atomic E-state index is 11.3. The zero-order valence-corrected chi connectivity index (χ0v) is 9.63. The Morgan fingerprint density at radius 2 is 2.13 bits per heavy atom. The highest BCUT2D eigenvalue weighted by molar-refractivity contribution is 6.06. The normalized spacial score (nSPS) is 39.0. The summed E-state index contributed by atoms with van der Waals surface area (Å²) in [6, 6.07) is -0.279. The first kappa shape index (κ1) is 10.5. The first-order valence-corrected chi connectivity index (χ1v) is 5.52. The lowest BCUT2D eigenvalue weighted by Crippen LogP contribution is -2.59. The number of hydrogen-bond acceptors (Lipinski definition) is 2. The van der Waals surface area contributed by atoms with Crippen LogP contribution in [0.1, 0.15) is 40.0 Å². The van der Waals surface area contributed by atoms with Crippen LogP contribution in [0.5, 0.6) is 0 Å². The van der Waals surface area contributed by atoms with E-state index in [4.69, 9.17) is 5.73 Å². The van der Waals surface area contributed by atoms with Crippen LogP contribution in [-0.2, 0) is 0 Å². The van der Waals surface area contributed by atoms with Crippen molar-refractivity contribution in [1.82, 2.24) is 5.32 Å². The average Bonchev–Trinajstić information content (AvgIpc) is 2.36. The predicted octanol–water partition coefficient (Wildman–Crippen LogP) is 1.65. The van der Waals surface area contributed by atoms with Crippen LogP contribution in [0.25, 0.3) is 0 Å². The minimum absolute atomic E-state index is 0.279. The molecule has 4 nitrogen and oxygen atoms in total. The van der Waals surface area contributed by atoms with Crippen LogP contribution in [0, 0.1) is 11.3 Å². The van der Waals surface area contributed by atoms with Gasteiger partial charge in [-0.25, -0.2) is 4.79 Å². The second-order valence-electron chi connectivity index (χ2n) is 5.67. The second kappa shape index (κ2) is 2.97. The van der Waals surface area contributed by atoms with Gasteiger partial charge in [0, 0.05) is 0 Å². The van der Waals surface area contributed by atoms with E-state index in [0.29, 0.717) is 17.2 Å². The zero-order valence-electron chi connectivity index (χ0n) is 9.63. The van der Waals surface area contributed by atoms with E-state index in [9.17, 15) is 4.79 Å². The Kier molecular flexibility index (Phi) is 2.07. The summed E-state index contributed by atoms with van der Waals surface area (Å²) in [5, 5.41) is 2.94. The number of nitrogens with zero attached hydrogens (tertiary/aromatic N) is 1. The van der Waals surface area contributed by atoms with Crippen LogP contribution in [0.2, 0.25) is 0 Å². The lowest BCUT2D eigenvalue weighted by molar-refractivity contribution is 0.126. The second-order valence-corrected chi connectivity index (χ2v) is 5.67. The minimum Gasteiger partial charge on any atom is -0.385 e. The number of urea groups is 1. The number of amides is 2. The van der Waals surface area contributed by atoms with Crippen LogP contribution < -0.4 is 11.1 Å². The summed E-state index contributed by atoms with van der Waals surface area (Å²) in [6.07, 6.45) is 3.06. The number of hydrogen-bond donors (Lipinski definition) is 2. The third-order valence-electron chi connectivity index (χ3n) is 3.91. The third-order valence-corrected chi connectivity index (χ3v) is 3.91. The largest absolute Gasteiger partial charge is 0.385 e. The van der Waals surface area contributed by atoms with Crippen molar-refractivity contribution in [3.63, 3.8) is 0 Å². The summed E-state index contributed by atoms with van der Waals surface area (Å²) >= 11 is 0. The Balaban J connectivity index is 2.26. The number of carbonyl (C=O) groups excluding carboxylic acids is 1. The molecule has 1 spiro atoms. The SMILES string of the molecule is CC1CC(C)(C)CCC12NC(=O)N=C2N. The van der Waals surface area contributed by atoms with Crippen LogP contribution in [0.3, 0.4) is 0 Å². The minimum atomic E-state index is -0.355. The first-order valence-electron chi connectivity index (χ1n) is 5.52. The van der Waals surface area contributed by atoms with Gasteiger partial charge in [-0.15, -0.1) is 0 Å². The van der Waals surface area contributed by atoms with Gasteiger partial charge in [0.1, 0.15) is 11.4 Å². The molecular weight excluding hydrogens is 190 g/mol. The Morgan fingerprint density at radius 3 is 2.60 bits per heavy atom. The van der Waals surface area contributed by atoms with Crippen molar-refractivity contribution in [2.24, 2.45) is 22.1 Å². The molecule has 0 aromatic carbocycles. The fourth-order valence-electron chi connectivity index (χ4n) is 2.95. The fraction of sp³-hybridized carbons (Fsp3) is 0.818. The molecule has 1 aliphatic heterocycles. The summed E-state index contributed by atoms with van der Waals surface area (Å²) in [4.78, 5) is 15.1. The molecule has 84 valence electrons. The lowest BCUT2D eigenvalue weighted by atomic mass is 9.63. The Morgan fingerprint density at radius 1 is 1.47 bits per heavy atom. The average molecular weight is 209 g/mol. The maximum absolute atomic E-state index is 11.3. The number of aliphatic imine (C=N–C) groups is 1. The van der Waals surface area contributed by atoms with Crippen molar-refractivity contribution < 1.29 is 4.79 Å². The van der Waals surface area contributed by atoms with Crippen molar-refractivity contribution in [2.45, 2.75) is 45.6 Å². The van der Waals surface area contributed by atoms with Gasteiger partial charge in [0.2, 0.25) is 0 Å². The third kappa shape index (κ3) is 1.52. The highest BCUT2D eigenvalue weighted by Gasteiger charge is 2.50. The van der Waals surface area contributed by atoms with Gasteiger partial charge in [0.25, 0.3) is 0 Å². The molecule has 0 aromatic rings. The summed E-state index contributed by atoms with van der Waals surface area (Å²) in [7, 11) is 0. The molecule has 2 aliphatic rings. The molecule has 0 aromatic heterocycles. The number of nitrogens with two attached hydrogens (primary N) is 1. The number of nitrogens with one attached hydrogen (secondary N) is 1. The Hall–Kier alpha value is -1.06. The molecular formula is C11H19N3O. The smallest absolute Gasteiger partial charge is 0.343 e. The van der Waals surface area contributed by atoms with Crippen molar-refractivity contribution >= 4 is 11.9 Å². The molecule has 2 amide bonds. The highest BCUT2D eigenvalue weighted by Crippen LogP contribution is 2.44. The van der Waals surface area contributed by atoms with E-state index in [1.807, 2.05) is 0 Å². The van der Waals surface area contributed by atoms with Gasteiger partial charge in [-0.2, -0.15) is 4.99 Å². The molecule has 2 rings (SSSR count). The van der Waals surface area contributed by atoms with E-state index in [-0.39, 0.29) is 11.6 Å². The highest BCUT2D eigenvalue weighted by atomic mass is 16.2. The number of amidine groups is 1. The molecule has 2 unspecified atom stereocenters. The van der Waals surface area contributed by atoms with E-state index in [1.165, 1.54) is 0 Å². The molecule has 4 heteroatoms. The molecule has 0 radical (unpaired) electrons. The Labute approximate surface area is 90.3 Å². The molecule has 1 aliphatic carbocycles. The van der Waals surface area contributed by atoms with E-state index >= 15 is 0 Å². The molecule has 0 bridgehead atoms. The fourth-order valence-corrected chi connectivity index (χ4v) is 2.95. The van der Waals surface area contributed by atoms with Crippen LogP contribution in [-0.4, -0.2) is 17.4 Å². The Bertz CT molecular complexity index is 335. The standard InChI is InChI=1S/C11H19N3O/c1-7-6-10(2,3)4-5-11(7)8(12)13-9(15)14-11/h7H,4-6H2,1-3H3,(H3,12,13,14,15). The maximum Gasteiger partial charge on any atom is 0.343 e. The monoisotopic (exact) mass is 209 g/mol. The summed E-state index contributed by atoms with van der Waals surface area (Å²) in [6.45, 7) is 6.68. The molecule has 1 fully saturated rings. The number of rotatable bonds is 0. The predicted molar refractivity (Wildman–Crippen MR) is 59.7 cm³/mol. The molecule has 1 heterocycles. The first-order chi connectivity index (χ1) is 6.86. The van der Waals surface area contributed by atoms with Gasteiger partial charge in [-0.3, -0.25) is 0 Å². The van der Waals surface area contributed by atoms with Crippen molar-refractivity contribution in [1.29, 1.82) is 0 Å². The van der Waals surface area contributed by atoms with Gasteiger partial charge in [-0.05, 0) is 30.6 Å². The topological polar surface area (TPSA) is 67.5 Å². The van der Waals surface area contributed by atoms with Crippen LogP contribution in [0.15, 0.2) is 4.99 Å². The van der Waals surface area contributed by atoms with E-state index in [2.05, 4.69) is 31.1 Å². The molecule has 1 saturated carbocycles. The van der Waals surface area contributed by atoms with Crippen LogP contribution in [0.4, 0.5) is 4.79 Å². The van der Waals surface area contributed by atoms with Gasteiger partial charge in [-0.1, -0.05) is 20.8 Å². The van der Waals surface area contributed by atoms with Crippen LogP contribution >= 0.6 is 0 Å². The lowest BCUT2D eigenvalue weighted by Gasteiger charge is -2.45. The summed E-state index contributed by atoms with van der Waals surface area (Å²) in [5.41, 5.74) is 5.87. The van der Waals surface area contributed by atoms with Crippen molar-refractivity contribution in [2.75, 3.05) is 0 Å². The summed E-state index contributed by atoms with van der Waals surface area (Å²) < 4.78 is 0. The van der Waals surface area contributed by atoms with Crippen molar-refractivity contribution in [3.05, 3.63) is 0 Å². The number of carbonyl (C=O) groups is 1. The molecule has 0 saturated heterocycles. The summed E-state index contributed by atoms with van der Waals surface area (Å²) in [5.74, 6) is 0.840. The zero-order chi connectivity index (χ0) is 11.3. The van der Waals surface area contributed by atoms with E-state index in [0.717, 1.165) is 19.3 Å². The van der Waals surface area contributed by atoms with Crippen molar-refractivity contribution in [3.8, 4) is 0 Å². The molecule has 2 atom stereocenters. The van der Waals surface area contributed by atoms with Gasteiger partial charge < -0.3 is 11.1 Å².